The highest BCUT2D eigenvalue weighted by molar-refractivity contribution is 6.30. The van der Waals surface area contributed by atoms with Gasteiger partial charge < -0.3 is 20.1 Å². The van der Waals surface area contributed by atoms with Gasteiger partial charge in [0.25, 0.3) is 5.91 Å². The number of hydrogen-bond acceptors (Lipinski definition) is 5. The molecular formula is C21H21ClN6O2. The lowest BCUT2D eigenvalue weighted by atomic mass is 10.1. The number of carbonyl (C=O) groups excluding carboxylic acids is 2. The molecule has 1 atom stereocenters. The van der Waals surface area contributed by atoms with Gasteiger partial charge in [-0.05, 0) is 30.7 Å². The Kier molecular flexibility index (Phi) is 5.67. The molecule has 1 aromatic carbocycles. The summed E-state index contributed by atoms with van der Waals surface area (Å²) in [5, 5.41) is 6.55. The van der Waals surface area contributed by atoms with Gasteiger partial charge in [-0.1, -0.05) is 23.7 Å². The Bertz CT molecular complexity index is 1050. The summed E-state index contributed by atoms with van der Waals surface area (Å²) < 4.78 is 1.92. The van der Waals surface area contributed by atoms with Crippen molar-refractivity contribution >= 4 is 34.9 Å². The summed E-state index contributed by atoms with van der Waals surface area (Å²) in [4.78, 5) is 35.2. The molecule has 1 aliphatic heterocycles. The maximum Gasteiger partial charge on any atom is 0.252 e. The number of rotatable bonds is 6. The number of benzene rings is 1. The van der Waals surface area contributed by atoms with Gasteiger partial charge in [0.1, 0.15) is 0 Å². The van der Waals surface area contributed by atoms with Crippen LogP contribution in [0.15, 0.2) is 55.2 Å². The second-order valence-corrected chi connectivity index (χ2v) is 7.56. The van der Waals surface area contributed by atoms with Crippen LogP contribution in [-0.2, 0) is 11.3 Å². The molecule has 1 unspecified atom stereocenters. The van der Waals surface area contributed by atoms with Crippen molar-refractivity contribution in [3.05, 3.63) is 71.4 Å². The third-order valence-electron chi connectivity index (χ3n) is 4.97. The summed E-state index contributed by atoms with van der Waals surface area (Å²) in [5.41, 5.74) is 1.91. The lowest BCUT2D eigenvalue weighted by Gasteiger charge is -2.30. The van der Waals surface area contributed by atoms with Crippen LogP contribution in [0.3, 0.4) is 0 Å². The van der Waals surface area contributed by atoms with Gasteiger partial charge in [-0.3, -0.25) is 9.59 Å². The summed E-state index contributed by atoms with van der Waals surface area (Å²) >= 11 is 5.95. The number of nitrogens with one attached hydrogen (secondary N) is 2. The molecule has 2 amide bonds. The van der Waals surface area contributed by atoms with Crippen LogP contribution >= 0.6 is 11.6 Å². The molecule has 0 saturated carbocycles. The van der Waals surface area contributed by atoms with E-state index in [2.05, 4.69) is 20.6 Å². The van der Waals surface area contributed by atoms with E-state index in [1.54, 1.807) is 35.6 Å². The van der Waals surface area contributed by atoms with Gasteiger partial charge in [0.2, 0.25) is 5.91 Å². The topological polar surface area (TPSA) is 92.1 Å². The smallest absolute Gasteiger partial charge is 0.252 e. The minimum Gasteiger partial charge on any atom is -0.359 e. The van der Waals surface area contributed by atoms with E-state index in [0.29, 0.717) is 35.2 Å². The van der Waals surface area contributed by atoms with Crippen LogP contribution in [0.5, 0.6) is 0 Å². The first kappa shape index (κ1) is 19.9. The molecule has 1 aliphatic rings. The highest BCUT2D eigenvalue weighted by atomic mass is 35.5. The highest BCUT2D eigenvalue weighted by Crippen LogP contribution is 2.30. The van der Waals surface area contributed by atoms with Gasteiger partial charge in [0.05, 0.1) is 30.7 Å². The van der Waals surface area contributed by atoms with E-state index in [9.17, 15) is 9.59 Å². The second-order valence-electron chi connectivity index (χ2n) is 7.12. The average Bonchev–Trinajstić information content (AvgIpc) is 3.30. The van der Waals surface area contributed by atoms with Crippen LogP contribution in [0.2, 0.25) is 5.02 Å². The number of halogens is 1. The number of carbonyl (C=O) groups is 2. The first-order valence-corrected chi connectivity index (χ1v) is 9.93. The van der Waals surface area contributed by atoms with Crippen LogP contribution in [-0.4, -0.2) is 39.4 Å². The standard InChI is InChI=1S/C21H21ClN6O2/c1-14(27-7-6-23-13-27)9-26-21(30)16-8-18-20(24-10-16)25-11-19(29)28(18)12-15-2-4-17(22)5-3-15/h2-8,10,13-14H,9,11-12H2,1H3,(H,24,25)(H,26,30). The van der Waals surface area contributed by atoms with Crippen LogP contribution in [0, 0.1) is 0 Å². The van der Waals surface area contributed by atoms with Crippen molar-refractivity contribution < 1.29 is 9.59 Å². The molecule has 2 aromatic heterocycles. The molecule has 3 aromatic rings. The molecule has 0 radical (unpaired) electrons. The molecule has 30 heavy (non-hydrogen) atoms. The van der Waals surface area contributed by atoms with Crippen molar-refractivity contribution in [1.29, 1.82) is 0 Å². The van der Waals surface area contributed by atoms with Crippen molar-refractivity contribution in [2.45, 2.75) is 19.5 Å². The summed E-state index contributed by atoms with van der Waals surface area (Å²) in [6.07, 6.45) is 6.77. The third-order valence-corrected chi connectivity index (χ3v) is 5.23. The molecule has 9 heteroatoms. The number of amides is 2. The van der Waals surface area contributed by atoms with E-state index in [1.807, 2.05) is 29.8 Å². The average molecular weight is 425 g/mol. The van der Waals surface area contributed by atoms with Gasteiger partial charge in [-0.25, -0.2) is 9.97 Å². The molecule has 0 aliphatic carbocycles. The Balaban J connectivity index is 1.51. The first-order chi connectivity index (χ1) is 14.5. The quantitative estimate of drug-likeness (QED) is 0.634. The van der Waals surface area contributed by atoms with Gasteiger partial charge in [0.15, 0.2) is 5.82 Å². The zero-order chi connectivity index (χ0) is 21.1. The molecule has 0 fully saturated rings. The van der Waals surface area contributed by atoms with Gasteiger partial charge in [0, 0.05) is 36.2 Å². The third kappa shape index (κ3) is 4.28. The zero-order valence-corrected chi connectivity index (χ0v) is 17.1. The van der Waals surface area contributed by atoms with Crippen LogP contribution in [0.4, 0.5) is 11.5 Å². The largest absolute Gasteiger partial charge is 0.359 e. The molecular weight excluding hydrogens is 404 g/mol. The van der Waals surface area contributed by atoms with Crippen molar-refractivity contribution in [2.24, 2.45) is 0 Å². The molecule has 0 bridgehead atoms. The number of fused-ring (bicyclic) bond motifs is 1. The number of aromatic nitrogens is 3. The Morgan fingerprint density at radius 1 is 1.33 bits per heavy atom. The monoisotopic (exact) mass is 424 g/mol. The summed E-state index contributed by atoms with van der Waals surface area (Å²) in [7, 11) is 0. The molecule has 3 heterocycles. The van der Waals surface area contributed by atoms with Crippen molar-refractivity contribution in [1.82, 2.24) is 19.9 Å². The second kappa shape index (κ2) is 8.54. The Labute approximate surface area is 178 Å². The van der Waals surface area contributed by atoms with E-state index in [4.69, 9.17) is 11.6 Å². The Morgan fingerprint density at radius 3 is 2.87 bits per heavy atom. The molecule has 0 spiro atoms. The fraction of sp³-hybridized carbons (Fsp3) is 0.238. The maximum atomic E-state index is 12.7. The van der Waals surface area contributed by atoms with Crippen LogP contribution in [0.1, 0.15) is 28.9 Å². The van der Waals surface area contributed by atoms with E-state index in [0.717, 1.165) is 5.56 Å². The molecule has 154 valence electrons. The summed E-state index contributed by atoms with van der Waals surface area (Å²) in [6, 6.07) is 9.07. The maximum absolute atomic E-state index is 12.7. The predicted octanol–water partition coefficient (Wildman–Crippen LogP) is 2.88. The zero-order valence-electron chi connectivity index (χ0n) is 16.4. The van der Waals surface area contributed by atoms with E-state index in [1.165, 1.54) is 6.20 Å². The summed E-state index contributed by atoms with van der Waals surface area (Å²) in [5.74, 6) is 0.235. The Morgan fingerprint density at radius 2 is 2.13 bits per heavy atom. The number of hydrogen-bond donors (Lipinski definition) is 2. The SMILES string of the molecule is CC(CNC(=O)c1cnc2c(c1)N(Cc1ccc(Cl)cc1)C(=O)CN2)n1ccnc1. The molecule has 4 rings (SSSR count). The lowest BCUT2D eigenvalue weighted by Crippen LogP contribution is -2.40. The van der Waals surface area contributed by atoms with E-state index in [-0.39, 0.29) is 24.4 Å². The van der Waals surface area contributed by atoms with Gasteiger partial charge in [-0.2, -0.15) is 0 Å². The van der Waals surface area contributed by atoms with Crippen molar-refractivity contribution in [2.75, 3.05) is 23.3 Å². The number of anilines is 2. The minimum atomic E-state index is -0.248. The lowest BCUT2D eigenvalue weighted by molar-refractivity contribution is -0.117. The van der Waals surface area contributed by atoms with E-state index >= 15 is 0 Å². The summed E-state index contributed by atoms with van der Waals surface area (Å²) in [6.45, 7) is 2.96. The molecule has 2 N–H and O–H groups in total. The molecule has 0 saturated heterocycles. The fourth-order valence-electron chi connectivity index (χ4n) is 3.23. The van der Waals surface area contributed by atoms with Crippen LogP contribution in [0.25, 0.3) is 0 Å². The van der Waals surface area contributed by atoms with Crippen LogP contribution < -0.4 is 15.5 Å². The normalized spacial score (nSPS) is 14.1. The fourth-order valence-corrected chi connectivity index (χ4v) is 3.36. The van der Waals surface area contributed by atoms with Crippen molar-refractivity contribution in [3.63, 3.8) is 0 Å². The van der Waals surface area contributed by atoms with E-state index < -0.39 is 0 Å². The predicted molar refractivity (Wildman–Crippen MR) is 115 cm³/mol. The minimum absolute atomic E-state index is 0.0617. The van der Waals surface area contributed by atoms with Gasteiger partial charge >= 0.3 is 0 Å². The number of imidazole rings is 1. The van der Waals surface area contributed by atoms with Gasteiger partial charge in [-0.15, -0.1) is 0 Å². The number of nitrogens with zero attached hydrogens (tertiary/aromatic N) is 4. The number of pyridine rings is 1. The highest BCUT2D eigenvalue weighted by Gasteiger charge is 2.26. The Hall–Kier alpha value is -3.39. The molecule has 8 nitrogen and oxygen atoms in total. The van der Waals surface area contributed by atoms with Crippen molar-refractivity contribution in [3.8, 4) is 0 Å². The first-order valence-electron chi connectivity index (χ1n) is 9.55.